The van der Waals surface area contributed by atoms with Gasteiger partial charge in [-0.1, -0.05) is 18.9 Å². The zero-order chi connectivity index (χ0) is 9.80. The summed E-state index contributed by atoms with van der Waals surface area (Å²) in [5.41, 5.74) is 0. The van der Waals surface area contributed by atoms with Crippen LogP contribution in [0.3, 0.4) is 0 Å². The number of thiophene rings is 1. The molecule has 0 amide bonds. The van der Waals surface area contributed by atoms with Crippen molar-refractivity contribution in [2.24, 2.45) is 0 Å². The van der Waals surface area contributed by atoms with Gasteiger partial charge in [-0.25, -0.2) is 0 Å². The molecule has 0 aliphatic heterocycles. The molecule has 0 aromatic carbocycles. The van der Waals surface area contributed by atoms with Crippen molar-refractivity contribution in [2.75, 3.05) is 0 Å². The van der Waals surface area contributed by atoms with Crippen LogP contribution in [-0.4, -0.2) is 6.04 Å². The Morgan fingerprint density at radius 2 is 2.29 bits per heavy atom. The molecule has 0 radical (unpaired) electrons. The van der Waals surface area contributed by atoms with Crippen molar-refractivity contribution >= 4 is 11.3 Å². The smallest absolute Gasteiger partial charge is 0.130 e. The minimum atomic E-state index is -0.0990. The molecule has 1 fully saturated rings. The highest BCUT2D eigenvalue weighted by Gasteiger charge is 2.20. The molecule has 1 aromatic rings. The van der Waals surface area contributed by atoms with Crippen molar-refractivity contribution in [2.45, 2.75) is 37.8 Å². The standard InChI is InChI=1S/C11H14N2S/c12-8-10(11-6-3-7-14-11)13-9-4-1-2-5-9/h3,6-7,9-10,13H,1-2,4-5H2. The second-order valence-corrected chi connectivity index (χ2v) is 4.70. The predicted molar refractivity (Wildman–Crippen MR) is 58.1 cm³/mol. The lowest BCUT2D eigenvalue weighted by Gasteiger charge is -2.15. The maximum atomic E-state index is 9.05. The molecule has 1 N–H and O–H groups in total. The summed E-state index contributed by atoms with van der Waals surface area (Å²) in [4.78, 5) is 1.14. The van der Waals surface area contributed by atoms with Gasteiger partial charge in [-0.2, -0.15) is 5.26 Å². The molecule has 1 unspecified atom stereocenters. The highest BCUT2D eigenvalue weighted by atomic mass is 32.1. The van der Waals surface area contributed by atoms with E-state index in [1.165, 1.54) is 25.7 Å². The number of nitriles is 1. The van der Waals surface area contributed by atoms with Gasteiger partial charge in [-0.3, -0.25) is 5.32 Å². The fourth-order valence-electron chi connectivity index (χ4n) is 1.97. The van der Waals surface area contributed by atoms with Crippen molar-refractivity contribution in [3.8, 4) is 6.07 Å². The lowest BCUT2D eigenvalue weighted by molar-refractivity contribution is 0.496. The van der Waals surface area contributed by atoms with E-state index in [0.29, 0.717) is 6.04 Å². The zero-order valence-electron chi connectivity index (χ0n) is 8.07. The van der Waals surface area contributed by atoms with E-state index in [9.17, 15) is 0 Å². The lowest BCUT2D eigenvalue weighted by atomic mass is 10.2. The molecule has 1 aliphatic carbocycles. The molecule has 1 saturated carbocycles. The second-order valence-electron chi connectivity index (χ2n) is 3.73. The van der Waals surface area contributed by atoms with Crippen LogP contribution < -0.4 is 5.32 Å². The highest BCUT2D eigenvalue weighted by Crippen LogP contribution is 2.23. The van der Waals surface area contributed by atoms with Gasteiger partial charge in [0.2, 0.25) is 0 Å². The molecule has 0 bridgehead atoms. The molecular formula is C11H14N2S. The number of rotatable bonds is 3. The Bertz CT molecular complexity index is 307. The first-order chi connectivity index (χ1) is 6.90. The summed E-state index contributed by atoms with van der Waals surface area (Å²) < 4.78 is 0. The topological polar surface area (TPSA) is 35.8 Å². The average Bonchev–Trinajstić information content (AvgIpc) is 2.86. The quantitative estimate of drug-likeness (QED) is 0.825. The Hall–Kier alpha value is -0.850. The predicted octanol–water partition coefficient (Wildman–Crippen LogP) is 2.84. The van der Waals surface area contributed by atoms with Gasteiger partial charge in [-0.05, 0) is 24.3 Å². The number of hydrogen-bond acceptors (Lipinski definition) is 3. The van der Waals surface area contributed by atoms with Crippen LogP contribution in [0, 0.1) is 11.3 Å². The molecule has 1 atom stereocenters. The van der Waals surface area contributed by atoms with E-state index in [2.05, 4.69) is 11.4 Å². The maximum Gasteiger partial charge on any atom is 0.130 e. The van der Waals surface area contributed by atoms with Crippen molar-refractivity contribution in [1.82, 2.24) is 5.32 Å². The van der Waals surface area contributed by atoms with Gasteiger partial charge in [0.05, 0.1) is 6.07 Å². The maximum absolute atomic E-state index is 9.05. The van der Waals surface area contributed by atoms with E-state index in [-0.39, 0.29) is 6.04 Å². The van der Waals surface area contributed by atoms with Crippen molar-refractivity contribution < 1.29 is 0 Å². The Labute approximate surface area is 88.6 Å². The summed E-state index contributed by atoms with van der Waals surface area (Å²) in [7, 11) is 0. The zero-order valence-corrected chi connectivity index (χ0v) is 8.89. The molecular weight excluding hydrogens is 192 g/mol. The molecule has 3 heteroatoms. The summed E-state index contributed by atoms with van der Waals surface area (Å²) in [6.07, 6.45) is 5.06. The summed E-state index contributed by atoms with van der Waals surface area (Å²) in [5.74, 6) is 0. The highest BCUT2D eigenvalue weighted by molar-refractivity contribution is 7.10. The molecule has 2 nitrogen and oxygen atoms in total. The molecule has 1 aromatic heterocycles. The summed E-state index contributed by atoms with van der Waals surface area (Å²) in [5, 5.41) is 14.5. The van der Waals surface area contributed by atoms with Crippen molar-refractivity contribution in [3.05, 3.63) is 22.4 Å². The largest absolute Gasteiger partial charge is 0.295 e. The van der Waals surface area contributed by atoms with E-state index in [4.69, 9.17) is 5.26 Å². The van der Waals surface area contributed by atoms with Gasteiger partial charge in [0.1, 0.15) is 6.04 Å². The molecule has 1 heterocycles. The van der Waals surface area contributed by atoms with Gasteiger partial charge < -0.3 is 0 Å². The third kappa shape index (κ3) is 2.14. The van der Waals surface area contributed by atoms with Gasteiger partial charge in [0.15, 0.2) is 0 Å². The second kappa shape index (κ2) is 4.59. The number of hydrogen-bond donors (Lipinski definition) is 1. The molecule has 1 aliphatic rings. The van der Waals surface area contributed by atoms with Crippen LogP contribution in [0.2, 0.25) is 0 Å². The fourth-order valence-corrected chi connectivity index (χ4v) is 2.69. The first kappa shape index (κ1) is 9.70. The molecule has 0 spiro atoms. The SMILES string of the molecule is N#CC(NC1CCCC1)c1cccs1. The van der Waals surface area contributed by atoms with Crippen LogP contribution in [0.25, 0.3) is 0 Å². The van der Waals surface area contributed by atoms with Crippen LogP contribution in [0.15, 0.2) is 17.5 Å². The monoisotopic (exact) mass is 206 g/mol. The van der Waals surface area contributed by atoms with Gasteiger partial charge in [0, 0.05) is 10.9 Å². The summed E-state index contributed by atoms with van der Waals surface area (Å²) >= 11 is 1.65. The van der Waals surface area contributed by atoms with E-state index in [1.54, 1.807) is 11.3 Å². The summed E-state index contributed by atoms with van der Waals surface area (Å²) in [6.45, 7) is 0. The third-order valence-electron chi connectivity index (χ3n) is 2.71. The minimum absolute atomic E-state index is 0.0990. The number of nitrogens with one attached hydrogen (secondary N) is 1. The molecule has 0 saturated heterocycles. The molecule has 14 heavy (non-hydrogen) atoms. The van der Waals surface area contributed by atoms with E-state index in [1.807, 2.05) is 17.5 Å². The first-order valence-electron chi connectivity index (χ1n) is 5.09. The minimum Gasteiger partial charge on any atom is -0.295 e. The third-order valence-corrected chi connectivity index (χ3v) is 3.65. The Morgan fingerprint density at radius 3 is 2.86 bits per heavy atom. The van der Waals surface area contributed by atoms with E-state index in [0.717, 1.165) is 4.88 Å². The van der Waals surface area contributed by atoms with Crippen LogP contribution >= 0.6 is 11.3 Å². The summed E-state index contributed by atoms with van der Waals surface area (Å²) in [6, 6.07) is 6.82. The van der Waals surface area contributed by atoms with Gasteiger partial charge in [0.25, 0.3) is 0 Å². The lowest BCUT2D eigenvalue weighted by Crippen LogP contribution is -2.29. The van der Waals surface area contributed by atoms with Gasteiger partial charge >= 0.3 is 0 Å². The van der Waals surface area contributed by atoms with Crippen LogP contribution in [-0.2, 0) is 0 Å². The van der Waals surface area contributed by atoms with Crippen LogP contribution in [0.4, 0.5) is 0 Å². The Kier molecular flexibility index (Phi) is 3.18. The fraction of sp³-hybridized carbons (Fsp3) is 0.545. The van der Waals surface area contributed by atoms with Crippen LogP contribution in [0.5, 0.6) is 0 Å². The average molecular weight is 206 g/mol. The Balaban J connectivity index is 1.97. The van der Waals surface area contributed by atoms with Crippen LogP contribution in [0.1, 0.15) is 36.6 Å². The molecule has 74 valence electrons. The molecule has 2 rings (SSSR count). The van der Waals surface area contributed by atoms with Crippen molar-refractivity contribution in [3.63, 3.8) is 0 Å². The van der Waals surface area contributed by atoms with E-state index < -0.39 is 0 Å². The van der Waals surface area contributed by atoms with Gasteiger partial charge in [-0.15, -0.1) is 11.3 Å². The normalized spacial score (nSPS) is 19.4. The van der Waals surface area contributed by atoms with E-state index >= 15 is 0 Å². The number of nitrogens with zero attached hydrogens (tertiary/aromatic N) is 1. The van der Waals surface area contributed by atoms with Crippen molar-refractivity contribution in [1.29, 1.82) is 5.26 Å². The Morgan fingerprint density at radius 1 is 1.50 bits per heavy atom. The first-order valence-corrected chi connectivity index (χ1v) is 5.97.